The second-order valence-electron chi connectivity index (χ2n) is 4.54. The van der Waals surface area contributed by atoms with E-state index in [-0.39, 0.29) is 11.4 Å². The molecule has 0 saturated carbocycles. The summed E-state index contributed by atoms with van der Waals surface area (Å²) in [5, 5.41) is 10.9. The van der Waals surface area contributed by atoms with Gasteiger partial charge in [0.1, 0.15) is 0 Å². The van der Waals surface area contributed by atoms with Gasteiger partial charge in [0.05, 0.1) is 26.1 Å². The van der Waals surface area contributed by atoms with Crippen molar-refractivity contribution < 1.29 is 4.92 Å². The summed E-state index contributed by atoms with van der Waals surface area (Å²) in [4.78, 5) is 31.2. The SMILES string of the molecule is O=c1[nH]c2ccc(N=Cc3ccc(Br)c([N+](=O)[O-])c3)cc2[nH]1. The summed E-state index contributed by atoms with van der Waals surface area (Å²) in [5.74, 6) is 0. The number of benzene rings is 2. The van der Waals surface area contributed by atoms with E-state index < -0.39 is 4.92 Å². The van der Waals surface area contributed by atoms with Crippen LogP contribution in [0.4, 0.5) is 11.4 Å². The molecule has 8 heteroatoms. The van der Waals surface area contributed by atoms with Crippen LogP contribution in [0.25, 0.3) is 11.0 Å². The second-order valence-corrected chi connectivity index (χ2v) is 5.39. The van der Waals surface area contributed by atoms with Gasteiger partial charge < -0.3 is 9.97 Å². The van der Waals surface area contributed by atoms with Crippen molar-refractivity contribution in [3.05, 3.63) is 67.0 Å². The summed E-state index contributed by atoms with van der Waals surface area (Å²) < 4.78 is 0.418. The fourth-order valence-electron chi connectivity index (χ4n) is 2.00. The van der Waals surface area contributed by atoms with Crippen molar-refractivity contribution in [2.45, 2.75) is 0 Å². The predicted molar refractivity (Wildman–Crippen MR) is 87.0 cm³/mol. The third kappa shape index (κ3) is 2.82. The minimum absolute atomic E-state index is 0.0191. The molecular formula is C14H9BrN4O3. The molecule has 110 valence electrons. The Hall–Kier alpha value is -2.74. The molecule has 0 unspecified atom stereocenters. The molecule has 0 bridgehead atoms. The lowest BCUT2D eigenvalue weighted by molar-refractivity contribution is -0.385. The van der Waals surface area contributed by atoms with Crippen molar-refractivity contribution >= 4 is 44.6 Å². The van der Waals surface area contributed by atoms with E-state index in [1.165, 1.54) is 12.3 Å². The molecule has 0 amide bonds. The first-order valence-electron chi connectivity index (χ1n) is 6.23. The summed E-state index contributed by atoms with van der Waals surface area (Å²) in [5.41, 5.74) is 2.30. The Bertz CT molecular complexity index is 958. The highest BCUT2D eigenvalue weighted by Gasteiger charge is 2.11. The molecule has 0 aliphatic rings. The maximum Gasteiger partial charge on any atom is 0.323 e. The molecule has 0 fully saturated rings. The molecule has 0 spiro atoms. The number of halogens is 1. The van der Waals surface area contributed by atoms with Gasteiger partial charge in [0.2, 0.25) is 0 Å². The van der Waals surface area contributed by atoms with Gasteiger partial charge >= 0.3 is 5.69 Å². The molecule has 3 aromatic rings. The Labute approximate surface area is 132 Å². The number of hydrogen-bond acceptors (Lipinski definition) is 4. The lowest BCUT2D eigenvalue weighted by Crippen LogP contribution is -1.99. The topological polar surface area (TPSA) is 104 Å². The fraction of sp³-hybridized carbons (Fsp3) is 0. The van der Waals surface area contributed by atoms with Crippen molar-refractivity contribution in [3.8, 4) is 0 Å². The molecular weight excluding hydrogens is 352 g/mol. The highest BCUT2D eigenvalue weighted by Crippen LogP contribution is 2.25. The number of aromatic nitrogens is 2. The quantitative estimate of drug-likeness (QED) is 0.425. The van der Waals surface area contributed by atoms with E-state index in [0.717, 1.165) is 0 Å². The standard InChI is InChI=1S/C14H9BrN4O3/c15-10-3-1-8(5-13(10)19(21)22)7-16-9-2-4-11-12(6-9)18-14(20)17-11/h1-7H,(H2,17,18,20). The number of H-pyrrole nitrogens is 2. The van der Waals surface area contributed by atoms with Crippen LogP contribution in [0, 0.1) is 10.1 Å². The average Bonchev–Trinajstić information content (AvgIpc) is 2.85. The highest BCUT2D eigenvalue weighted by molar-refractivity contribution is 9.10. The van der Waals surface area contributed by atoms with E-state index in [1.54, 1.807) is 30.3 Å². The zero-order valence-electron chi connectivity index (χ0n) is 11.0. The lowest BCUT2D eigenvalue weighted by atomic mass is 10.2. The molecule has 0 aliphatic heterocycles. The van der Waals surface area contributed by atoms with Gasteiger partial charge in [-0.15, -0.1) is 0 Å². The molecule has 2 N–H and O–H groups in total. The Morgan fingerprint density at radius 3 is 2.68 bits per heavy atom. The van der Waals surface area contributed by atoms with Gasteiger partial charge in [0.25, 0.3) is 5.69 Å². The Morgan fingerprint density at radius 2 is 1.91 bits per heavy atom. The van der Waals surface area contributed by atoms with Crippen LogP contribution in [0.1, 0.15) is 5.56 Å². The number of nitrogens with one attached hydrogen (secondary N) is 2. The van der Waals surface area contributed by atoms with Gasteiger partial charge in [0.15, 0.2) is 0 Å². The van der Waals surface area contributed by atoms with Crippen LogP contribution in [-0.2, 0) is 0 Å². The summed E-state index contributed by atoms with van der Waals surface area (Å²) in [6, 6.07) is 9.96. The molecule has 0 aliphatic carbocycles. The van der Waals surface area contributed by atoms with Crippen LogP contribution in [0.5, 0.6) is 0 Å². The van der Waals surface area contributed by atoms with Crippen LogP contribution in [-0.4, -0.2) is 21.1 Å². The molecule has 1 aromatic heterocycles. The highest BCUT2D eigenvalue weighted by atomic mass is 79.9. The van der Waals surface area contributed by atoms with Crippen molar-refractivity contribution in [2.24, 2.45) is 4.99 Å². The normalized spacial score (nSPS) is 11.3. The first-order chi connectivity index (χ1) is 10.5. The van der Waals surface area contributed by atoms with Crippen molar-refractivity contribution in [1.29, 1.82) is 0 Å². The zero-order chi connectivity index (χ0) is 15.7. The fourth-order valence-corrected chi connectivity index (χ4v) is 2.39. The summed E-state index contributed by atoms with van der Waals surface area (Å²) in [7, 11) is 0. The van der Waals surface area contributed by atoms with Crippen LogP contribution >= 0.6 is 15.9 Å². The third-order valence-electron chi connectivity index (χ3n) is 3.03. The van der Waals surface area contributed by atoms with Crippen LogP contribution in [0.3, 0.4) is 0 Å². The largest absolute Gasteiger partial charge is 0.323 e. The number of imidazole rings is 1. The van der Waals surface area contributed by atoms with Gasteiger partial charge in [-0.3, -0.25) is 15.1 Å². The Balaban J connectivity index is 1.93. The maximum atomic E-state index is 11.2. The number of aliphatic imine (C=N–C) groups is 1. The van der Waals surface area contributed by atoms with Crippen LogP contribution in [0.2, 0.25) is 0 Å². The second kappa shape index (κ2) is 5.57. The summed E-state index contributed by atoms with van der Waals surface area (Å²) in [6.45, 7) is 0. The van der Waals surface area contributed by atoms with Gasteiger partial charge in [0, 0.05) is 12.3 Å². The van der Waals surface area contributed by atoms with E-state index >= 15 is 0 Å². The number of nitro benzene ring substituents is 1. The molecule has 0 saturated heterocycles. The number of aromatic amines is 2. The molecule has 7 nitrogen and oxygen atoms in total. The van der Waals surface area contributed by atoms with E-state index in [9.17, 15) is 14.9 Å². The first kappa shape index (κ1) is 14.2. The smallest absolute Gasteiger partial charge is 0.306 e. The number of fused-ring (bicyclic) bond motifs is 1. The minimum atomic E-state index is -0.460. The van der Waals surface area contributed by atoms with Gasteiger partial charge in [-0.1, -0.05) is 6.07 Å². The molecule has 0 radical (unpaired) electrons. The maximum absolute atomic E-state index is 11.2. The van der Waals surface area contributed by atoms with Gasteiger partial charge in [-0.25, -0.2) is 4.79 Å². The number of hydrogen-bond donors (Lipinski definition) is 2. The molecule has 0 atom stereocenters. The molecule has 1 heterocycles. The number of rotatable bonds is 3. The van der Waals surface area contributed by atoms with Crippen molar-refractivity contribution in [3.63, 3.8) is 0 Å². The third-order valence-corrected chi connectivity index (χ3v) is 3.70. The summed E-state index contributed by atoms with van der Waals surface area (Å²) in [6.07, 6.45) is 1.53. The van der Waals surface area contributed by atoms with E-state index in [2.05, 4.69) is 30.9 Å². The molecule has 2 aromatic carbocycles. The summed E-state index contributed by atoms with van der Waals surface area (Å²) >= 11 is 3.13. The lowest BCUT2D eigenvalue weighted by Gasteiger charge is -1.98. The van der Waals surface area contributed by atoms with Crippen LogP contribution in [0.15, 0.2) is 50.7 Å². The van der Waals surface area contributed by atoms with Crippen molar-refractivity contribution in [2.75, 3.05) is 0 Å². The average molecular weight is 361 g/mol. The van der Waals surface area contributed by atoms with Gasteiger partial charge in [-0.05, 0) is 45.8 Å². The minimum Gasteiger partial charge on any atom is -0.306 e. The number of nitrogens with zero attached hydrogens (tertiary/aromatic N) is 2. The predicted octanol–water partition coefficient (Wildman–Crippen LogP) is 3.28. The van der Waals surface area contributed by atoms with Gasteiger partial charge in [-0.2, -0.15) is 0 Å². The van der Waals surface area contributed by atoms with Crippen LogP contribution < -0.4 is 5.69 Å². The zero-order valence-corrected chi connectivity index (χ0v) is 12.6. The number of nitro groups is 1. The van der Waals surface area contributed by atoms with Crippen molar-refractivity contribution in [1.82, 2.24) is 9.97 Å². The first-order valence-corrected chi connectivity index (χ1v) is 7.02. The Morgan fingerprint density at radius 1 is 1.14 bits per heavy atom. The monoisotopic (exact) mass is 360 g/mol. The van der Waals surface area contributed by atoms with E-state index in [1.807, 2.05) is 0 Å². The molecule has 22 heavy (non-hydrogen) atoms. The van der Waals surface area contributed by atoms with E-state index in [0.29, 0.717) is 26.8 Å². The van der Waals surface area contributed by atoms with E-state index in [4.69, 9.17) is 0 Å². The molecule has 3 rings (SSSR count). The Kier molecular flexibility index (Phi) is 3.60.